The van der Waals surface area contributed by atoms with Crippen molar-refractivity contribution in [1.29, 1.82) is 0 Å². The summed E-state index contributed by atoms with van der Waals surface area (Å²) in [4.78, 5) is 4.73. The Bertz CT molecular complexity index is 504. The van der Waals surface area contributed by atoms with Gasteiger partial charge in [-0.25, -0.2) is 0 Å². The number of pyridine rings is 1. The molecule has 0 radical (unpaired) electrons. The van der Waals surface area contributed by atoms with Crippen LogP contribution in [0, 0.1) is 0 Å². The number of rotatable bonds is 4. The van der Waals surface area contributed by atoms with Crippen molar-refractivity contribution < 1.29 is 4.52 Å². The fourth-order valence-electron chi connectivity index (χ4n) is 4.96. The van der Waals surface area contributed by atoms with Crippen LogP contribution < -0.4 is 0 Å². The fraction of sp³-hybridized carbons (Fsp3) is 0.762. The van der Waals surface area contributed by atoms with E-state index < -0.39 is 0 Å². The molecule has 1 heterocycles. The van der Waals surface area contributed by atoms with Crippen LogP contribution in [0.3, 0.4) is 0 Å². The molecule has 3 aliphatic carbocycles. The Morgan fingerprint density at radius 3 is 2.17 bits per heavy atom. The summed E-state index contributed by atoms with van der Waals surface area (Å²) in [6, 6.07) is 4.35. The van der Waals surface area contributed by atoms with E-state index in [0.717, 1.165) is 11.3 Å². The van der Waals surface area contributed by atoms with Crippen molar-refractivity contribution in [3.8, 4) is 0 Å². The zero-order valence-electron chi connectivity index (χ0n) is 15.0. The van der Waals surface area contributed by atoms with Crippen molar-refractivity contribution in [2.75, 3.05) is 0 Å². The number of aryl methyl sites for hydroxylation is 1. The van der Waals surface area contributed by atoms with Crippen LogP contribution in [0.1, 0.15) is 94.4 Å². The lowest BCUT2D eigenvalue weighted by Crippen LogP contribution is -2.24. The Hall–Kier alpha value is -0.460. The normalized spacial score (nSPS) is 26.5. The van der Waals surface area contributed by atoms with Crippen LogP contribution in [0.2, 0.25) is 0 Å². The number of fused-ring (bicyclic) bond motifs is 1. The highest BCUT2D eigenvalue weighted by molar-refractivity contribution is 7.54. The molecular formula is C21H32NOP. The average molecular weight is 345 g/mol. The number of hydrogen-bond acceptors (Lipinski definition) is 2. The van der Waals surface area contributed by atoms with Crippen LogP contribution in [0.4, 0.5) is 0 Å². The van der Waals surface area contributed by atoms with E-state index in [2.05, 4.69) is 12.1 Å². The lowest BCUT2D eigenvalue weighted by atomic mass is 9.94. The molecule has 2 nitrogen and oxygen atoms in total. The zero-order valence-corrected chi connectivity index (χ0v) is 15.9. The van der Waals surface area contributed by atoms with E-state index in [1.165, 1.54) is 94.7 Å². The predicted octanol–water partition coefficient (Wildman–Crippen LogP) is 6.54. The van der Waals surface area contributed by atoms with Gasteiger partial charge >= 0.3 is 0 Å². The second-order valence-electron chi connectivity index (χ2n) is 7.98. The molecule has 2 saturated carbocycles. The highest BCUT2D eigenvalue weighted by atomic mass is 31.1. The third-order valence-electron chi connectivity index (χ3n) is 6.26. The smallest absolute Gasteiger partial charge is 0.104 e. The van der Waals surface area contributed by atoms with Gasteiger partial charge in [-0.2, -0.15) is 0 Å². The lowest BCUT2D eigenvalue weighted by Gasteiger charge is -2.40. The van der Waals surface area contributed by atoms with Crippen LogP contribution in [0.5, 0.6) is 0 Å². The Balaban J connectivity index is 1.53. The SMILES string of the molecule is c1cnc2c(c1)CCC[C@H]2OP(C1CCCCC1)C1CCCCC1. The van der Waals surface area contributed by atoms with Crippen molar-refractivity contribution in [1.82, 2.24) is 4.98 Å². The van der Waals surface area contributed by atoms with Crippen molar-refractivity contribution in [2.24, 2.45) is 0 Å². The van der Waals surface area contributed by atoms with Crippen LogP contribution in [-0.2, 0) is 10.9 Å². The average Bonchev–Trinajstić information content (AvgIpc) is 2.67. The Morgan fingerprint density at radius 1 is 0.833 bits per heavy atom. The van der Waals surface area contributed by atoms with Crippen molar-refractivity contribution in [3.63, 3.8) is 0 Å². The molecule has 3 aliphatic rings. The van der Waals surface area contributed by atoms with Crippen LogP contribution in [0.25, 0.3) is 0 Å². The topological polar surface area (TPSA) is 22.1 Å². The minimum Gasteiger partial charge on any atom is -0.349 e. The van der Waals surface area contributed by atoms with Gasteiger partial charge in [0, 0.05) is 25.7 Å². The summed E-state index contributed by atoms with van der Waals surface area (Å²) in [6.07, 6.45) is 20.2. The monoisotopic (exact) mass is 345 g/mol. The highest BCUT2D eigenvalue weighted by Gasteiger charge is 2.35. The van der Waals surface area contributed by atoms with Gasteiger partial charge in [-0.3, -0.25) is 4.98 Å². The molecule has 0 aromatic carbocycles. The maximum Gasteiger partial charge on any atom is 0.104 e. The molecule has 0 aliphatic heterocycles. The summed E-state index contributed by atoms with van der Waals surface area (Å²) in [5.41, 5.74) is 4.44. The summed E-state index contributed by atoms with van der Waals surface area (Å²) >= 11 is 0. The first-order chi connectivity index (χ1) is 11.9. The molecule has 0 saturated heterocycles. The first-order valence-electron chi connectivity index (χ1n) is 10.3. The molecule has 0 spiro atoms. The van der Waals surface area contributed by atoms with Crippen molar-refractivity contribution in [3.05, 3.63) is 29.6 Å². The zero-order chi connectivity index (χ0) is 16.2. The molecule has 24 heavy (non-hydrogen) atoms. The fourth-order valence-corrected chi connectivity index (χ4v) is 8.15. The summed E-state index contributed by atoms with van der Waals surface area (Å²) in [7, 11) is -0.284. The van der Waals surface area contributed by atoms with Gasteiger partial charge in [-0.05, 0) is 56.6 Å². The maximum absolute atomic E-state index is 7.00. The van der Waals surface area contributed by atoms with Crippen LogP contribution in [0.15, 0.2) is 18.3 Å². The largest absolute Gasteiger partial charge is 0.349 e. The third-order valence-corrected chi connectivity index (χ3v) is 9.23. The molecular weight excluding hydrogens is 313 g/mol. The summed E-state index contributed by atoms with van der Waals surface area (Å²) in [5, 5.41) is 0. The van der Waals surface area contributed by atoms with Crippen LogP contribution in [-0.4, -0.2) is 16.3 Å². The molecule has 1 aromatic rings. The van der Waals surface area contributed by atoms with Gasteiger partial charge in [0.15, 0.2) is 0 Å². The van der Waals surface area contributed by atoms with Crippen molar-refractivity contribution >= 4 is 8.15 Å². The summed E-state index contributed by atoms with van der Waals surface area (Å²) in [5.74, 6) is 0. The Labute approximate surface area is 148 Å². The van der Waals surface area contributed by atoms with E-state index in [0.29, 0.717) is 0 Å². The second kappa shape index (κ2) is 8.28. The van der Waals surface area contributed by atoms with Crippen molar-refractivity contribution in [2.45, 2.75) is 101 Å². The molecule has 1 atom stereocenters. The van der Waals surface area contributed by atoms with Gasteiger partial charge in [-0.1, -0.05) is 44.6 Å². The molecule has 0 amide bonds. The van der Waals surface area contributed by atoms with Crippen LogP contribution >= 0.6 is 8.15 Å². The first kappa shape index (κ1) is 17.0. The molecule has 2 fully saturated rings. The minimum atomic E-state index is -0.284. The summed E-state index contributed by atoms with van der Waals surface area (Å²) < 4.78 is 7.00. The lowest BCUT2D eigenvalue weighted by molar-refractivity contribution is 0.190. The standard InChI is InChI=1S/C21H32NOP/c1-3-11-18(12-4-1)24(19-13-5-2-6-14-19)23-20-15-7-9-17-10-8-16-22-21(17)20/h8,10,16,18-20H,1-7,9,11-15H2/t20-/m1/s1. The van der Waals surface area contributed by atoms with Gasteiger partial charge in [-0.15, -0.1) is 0 Å². The molecule has 0 N–H and O–H groups in total. The van der Waals surface area contributed by atoms with Gasteiger partial charge in [0.2, 0.25) is 0 Å². The second-order valence-corrected chi connectivity index (χ2v) is 10.4. The van der Waals surface area contributed by atoms with E-state index in [9.17, 15) is 0 Å². The van der Waals surface area contributed by atoms with E-state index in [1.54, 1.807) is 0 Å². The van der Waals surface area contributed by atoms with Gasteiger partial charge in [0.05, 0.1) is 5.69 Å². The van der Waals surface area contributed by atoms with E-state index in [1.807, 2.05) is 6.20 Å². The van der Waals surface area contributed by atoms with Gasteiger partial charge in [0.25, 0.3) is 0 Å². The predicted molar refractivity (Wildman–Crippen MR) is 102 cm³/mol. The number of aromatic nitrogens is 1. The maximum atomic E-state index is 7.00. The Kier molecular flexibility index (Phi) is 5.86. The highest BCUT2D eigenvalue weighted by Crippen LogP contribution is 2.59. The van der Waals surface area contributed by atoms with E-state index in [4.69, 9.17) is 9.51 Å². The Morgan fingerprint density at radius 2 is 1.50 bits per heavy atom. The van der Waals surface area contributed by atoms with E-state index >= 15 is 0 Å². The van der Waals surface area contributed by atoms with Gasteiger partial charge in [0.1, 0.15) is 6.10 Å². The molecule has 132 valence electrons. The minimum absolute atomic E-state index is 0.282. The quantitative estimate of drug-likeness (QED) is 0.578. The molecule has 0 unspecified atom stereocenters. The number of nitrogens with zero attached hydrogens (tertiary/aromatic N) is 1. The van der Waals surface area contributed by atoms with E-state index in [-0.39, 0.29) is 14.3 Å². The first-order valence-corrected chi connectivity index (χ1v) is 11.7. The van der Waals surface area contributed by atoms with Gasteiger partial charge < -0.3 is 4.52 Å². The third kappa shape index (κ3) is 3.86. The molecule has 3 heteroatoms. The summed E-state index contributed by atoms with van der Waals surface area (Å²) in [6.45, 7) is 0. The number of hydrogen-bond donors (Lipinski definition) is 0. The molecule has 0 bridgehead atoms. The molecule has 4 rings (SSSR count). The molecule has 1 aromatic heterocycles.